The summed E-state index contributed by atoms with van der Waals surface area (Å²) in [4.78, 5) is 22.5. The fourth-order valence-electron chi connectivity index (χ4n) is 1.40. The Bertz CT molecular complexity index is 503. The van der Waals surface area contributed by atoms with Crippen LogP contribution in [0, 0.1) is 11.6 Å². The molecule has 0 aliphatic carbocycles. The summed E-state index contributed by atoms with van der Waals surface area (Å²) in [6, 6.07) is 0.998. The number of benzene rings is 1. The molecule has 0 heterocycles. The monoisotopic (exact) mass is 273 g/mol. The molecule has 1 amide bonds. The largest absolute Gasteiger partial charge is 0.478 e. The molecule has 1 rings (SSSR count). The summed E-state index contributed by atoms with van der Waals surface area (Å²) in [5.41, 5.74) is -1.08. The van der Waals surface area contributed by atoms with Gasteiger partial charge in [-0.25, -0.2) is 13.6 Å². The van der Waals surface area contributed by atoms with Crippen LogP contribution in [-0.4, -0.2) is 34.7 Å². The minimum atomic E-state index is -1.53. The molecule has 0 bridgehead atoms. The Labute approximate surface area is 107 Å². The molecule has 1 unspecified atom stereocenters. The van der Waals surface area contributed by atoms with Crippen LogP contribution in [0.5, 0.6) is 0 Å². The fourth-order valence-corrected chi connectivity index (χ4v) is 1.40. The molecule has 0 aromatic heterocycles. The van der Waals surface area contributed by atoms with Gasteiger partial charge < -0.3 is 15.5 Å². The predicted octanol–water partition coefficient (Wildman–Crippen LogP) is 1.16. The number of nitrogens with one attached hydrogen (secondary N) is 1. The molecule has 0 aliphatic rings. The van der Waals surface area contributed by atoms with Crippen molar-refractivity contribution in [3.8, 4) is 0 Å². The molecule has 0 spiro atoms. The molecule has 0 saturated heterocycles. The van der Waals surface area contributed by atoms with Crippen LogP contribution < -0.4 is 5.32 Å². The topological polar surface area (TPSA) is 86.6 Å². The second-order valence-electron chi connectivity index (χ2n) is 4.01. The first kappa shape index (κ1) is 15.0. The van der Waals surface area contributed by atoms with Gasteiger partial charge in [0.1, 0.15) is 0 Å². The molecule has 0 fully saturated rings. The molecule has 1 aromatic carbocycles. The molecule has 0 saturated carbocycles. The molecule has 5 nitrogen and oxygen atoms in total. The number of aromatic carboxylic acids is 1. The van der Waals surface area contributed by atoms with Crippen LogP contribution in [0.3, 0.4) is 0 Å². The van der Waals surface area contributed by atoms with Crippen molar-refractivity contribution < 1.29 is 28.6 Å². The van der Waals surface area contributed by atoms with Gasteiger partial charge in [0.05, 0.1) is 17.2 Å². The van der Waals surface area contributed by atoms with E-state index < -0.39 is 40.7 Å². The summed E-state index contributed by atoms with van der Waals surface area (Å²) in [6.07, 6.45) is -0.373. The Morgan fingerprint density at radius 2 is 1.79 bits per heavy atom. The summed E-state index contributed by atoms with van der Waals surface area (Å²) >= 11 is 0. The Morgan fingerprint density at radius 1 is 1.26 bits per heavy atom. The van der Waals surface area contributed by atoms with Crippen molar-refractivity contribution in [3.63, 3.8) is 0 Å². The minimum Gasteiger partial charge on any atom is -0.478 e. The highest BCUT2D eigenvalue weighted by Crippen LogP contribution is 2.15. The second kappa shape index (κ2) is 6.24. The minimum absolute atomic E-state index is 0.0918. The normalized spacial score (nSPS) is 12.0. The van der Waals surface area contributed by atoms with Gasteiger partial charge in [-0.2, -0.15) is 0 Å². The van der Waals surface area contributed by atoms with Crippen LogP contribution in [0.15, 0.2) is 12.1 Å². The van der Waals surface area contributed by atoms with Crippen molar-refractivity contribution >= 4 is 11.9 Å². The highest BCUT2D eigenvalue weighted by Gasteiger charge is 2.20. The van der Waals surface area contributed by atoms with Gasteiger partial charge in [-0.05, 0) is 25.5 Å². The van der Waals surface area contributed by atoms with Crippen molar-refractivity contribution in [3.05, 3.63) is 34.9 Å². The van der Waals surface area contributed by atoms with E-state index in [1.54, 1.807) is 0 Å². The van der Waals surface area contributed by atoms with Gasteiger partial charge in [0.2, 0.25) is 0 Å². The number of amides is 1. The van der Waals surface area contributed by atoms with E-state index in [2.05, 4.69) is 5.32 Å². The standard InChI is InChI=1S/C12H13F2NO4/c1-6(16)2-3-15-11(17)7-4-9(13)10(14)5-8(7)12(18)19/h4-6,16H,2-3H2,1H3,(H,15,17)(H,18,19). The third-order valence-corrected chi connectivity index (χ3v) is 2.38. The maximum Gasteiger partial charge on any atom is 0.336 e. The van der Waals surface area contributed by atoms with Crippen molar-refractivity contribution in [1.29, 1.82) is 0 Å². The molecular formula is C12H13F2NO4. The average Bonchev–Trinajstić information content (AvgIpc) is 2.31. The SMILES string of the molecule is CC(O)CCNC(=O)c1cc(F)c(F)cc1C(=O)O. The molecule has 1 atom stereocenters. The maximum absolute atomic E-state index is 13.0. The van der Waals surface area contributed by atoms with E-state index in [9.17, 15) is 18.4 Å². The quantitative estimate of drug-likeness (QED) is 0.751. The Morgan fingerprint density at radius 3 is 2.26 bits per heavy atom. The zero-order valence-electron chi connectivity index (χ0n) is 10.1. The van der Waals surface area contributed by atoms with Gasteiger partial charge in [0.15, 0.2) is 11.6 Å². The van der Waals surface area contributed by atoms with Gasteiger partial charge in [0.25, 0.3) is 5.91 Å². The van der Waals surface area contributed by atoms with E-state index >= 15 is 0 Å². The zero-order chi connectivity index (χ0) is 14.6. The van der Waals surface area contributed by atoms with Gasteiger partial charge in [-0.3, -0.25) is 4.79 Å². The smallest absolute Gasteiger partial charge is 0.336 e. The van der Waals surface area contributed by atoms with E-state index in [-0.39, 0.29) is 13.0 Å². The Kier molecular flexibility index (Phi) is 4.94. The van der Waals surface area contributed by atoms with Crippen molar-refractivity contribution in [1.82, 2.24) is 5.32 Å². The van der Waals surface area contributed by atoms with Gasteiger partial charge >= 0.3 is 5.97 Å². The van der Waals surface area contributed by atoms with E-state index in [1.807, 2.05) is 0 Å². The van der Waals surface area contributed by atoms with E-state index in [0.717, 1.165) is 0 Å². The lowest BCUT2D eigenvalue weighted by molar-refractivity contribution is 0.0690. The second-order valence-corrected chi connectivity index (χ2v) is 4.01. The number of aliphatic hydroxyl groups is 1. The van der Waals surface area contributed by atoms with Crippen LogP contribution in [0.2, 0.25) is 0 Å². The van der Waals surface area contributed by atoms with Crippen LogP contribution in [-0.2, 0) is 0 Å². The highest BCUT2D eigenvalue weighted by atomic mass is 19.2. The summed E-state index contributed by atoms with van der Waals surface area (Å²) in [7, 11) is 0. The lowest BCUT2D eigenvalue weighted by Gasteiger charge is -2.09. The van der Waals surface area contributed by atoms with Crippen LogP contribution >= 0.6 is 0 Å². The van der Waals surface area contributed by atoms with Gasteiger partial charge in [0, 0.05) is 6.54 Å². The number of aliphatic hydroxyl groups excluding tert-OH is 1. The first-order valence-corrected chi connectivity index (χ1v) is 5.51. The lowest BCUT2D eigenvalue weighted by Crippen LogP contribution is -2.28. The Balaban J connectivity index is 2.95. The summed E-state index contributed by atoms with van der Waals surface area (Å²) in [5, 5.41) is 20.2. The Hall–Kier alpha value is -2.02. The average molecular weight is 273 g/mol. The van der Waals surface area contributed by atoms with Gasteiger partial charge in [-0.1, -0.05) is 0 Å². The highest BCUT2D eigenvalue weighted by molar-refractivity contribution is 6.04. The van der Waals surface area contributed by atoms with Gasteiger partial charge in [-0.15, -0.1) is 0 Å². The maximum atomic E-state index is 13.0. The molecule has 3 N–H and O–H groups in total. The molecule has 0 aliphatic heterocycles. The molecule has 7 heteroatoms. The molecular weight excluding hydrogens is 260 g/mol. The number of hydrogen-bond acceptors (Lipinski definition) is 3. The predicted molar refractivity (Wildman–Crippen MR) is 61.9 cm³/mol. The fraction of sp³-hybridized carbons (Fsp3) is 0.333. The number of carbonyl (C=O) groups is 2. The van der Waals surface area contributed by atoms with Crippen molar-refractivity contribution in [2.75, 3.05) is 6.54 Å². The van der Waals surface area contributed by atoms with E-state index in [0.29, 0.717) is 12.1 Å². The summed E-state index contributed by atoms with van der Waals surface area (Å²) < 4.78 is 26.0. The van der Waals surface area contributed by atoms with E-state index in [4.69, 9.17) is 10.2 Å². The lowest BCUT2D eigenvalue weighted by atomic mass is 10.1. The summed E-state index contributed by atoms with van der Waals surface area (Å²) in [5.74, 6) is -5.00. The third-order valence-electron chi connectivity index (χ3n) is 2.38. The summed E-state index contributed by atoms with van der Waals surface area (Å²) in [6.45, 7) is 1.61. The van der Waals surface area contributed by atoms with Crippen molar-refractivity contribution in [2.45, 2.75) is 19.4 Å². The zero-order valence-corrected chi connectivity index (χ0v) is 10.1. The van der Waals surface area contributed by atoms with Crippen LogP contribution in [0.4, 0.5) is 8.78 Å². The molecule has 104 valence electrons. The van der Waals surface area contributed by atoms with E-state index in [1.165, 1.54) is 6.92 Å². The number of carbonyl (C=O) groups excluding carboxylic acids is 1. The number of halogens is 2. The number of hydrogen-bond donors (Lipinski definition) is 3. The number of carboxylic acids is 1. The third kappa shape index (κ3) is 3.99. The number of rotatable bonds is 5. The molecule has 19 heavy (non-hydrogen) atoms. The first-order chi connectivity index (χ1) is 8.82. The molecule has 1 aromatic rings. The first-order valence-electron chi connectivity index (χ1n) is 5.51. The van der Waals surface area contributed by atoms with Crippen LogP contribution in [0.1, 0.15) is 34.1 Å². The van der Waals surface area contributed by atoms with Crippen LogP contribution in [0.25, 0.3) is 0 Å². The number of carboxylic acid groups (broad SMARTS) is 1. The molecule has 0 radical (unpaired) electrons. The van der Waals surface area contributed by atoms with Crippen molar-refractivity contribution in [2.24, 2.45) is 0 Å².